The maximum Gasteiger partial charge on any atom is 0.263 e. The van der Waals surface area contributed by atoms with Gasteiger partial charge in [0, 0.05) is 22.4 Å². The van der Waals surface area contributed by atoms with Crippen molar-refractivity contribution in [2.45, 2.75) is 37.2 Å². The van der Waals surface area contributed by atoms with Crippen LogP contribution in [0, 0.1) is 0 Å². The van der Waals surface area contributed by atoms with Crippen LogP contribution in [0.15, 0.2) is 52.3 Å². The molecule has 0 aliphatic rings. The highest BCUT2D eigenvalue weighted by atomic mass is 35.5. The lowest BCUT2D eigenvalue weighted by Gasteiger charge is -2.14. The highest BCUT2D eigenvalue weighted by Crippen LogP contribution is 2.31. The normalized spacial score (nSPS) is 12.1. The SMILES string of the molecule is C=CCn1c(S[C@@H](C)C(=O)Nc2nc(-c3ccc(Cl)c(Cl)c3)cs2)nc2sc(CC)cc2c1=O. The van der Waals surface area contributed by atoms with E-state index in [1.807, 2.05) is 24.4 Å². The maximum absolute atomic E-state index is 13.0. The van der Waals surface area contributed by atoms with E-state index in [4.69, 9.17) is 28.2 Å². The van der Waals surface area contributed by atoms with Gasteiger partial charge < -0.3 is 5.32 Å². The zero-order chi connectivity index (χ0) is 24.4. The van der Waals surface area contributed by atoms with Gasteiger partial charge in [0.1, 0.15) is 4.83 Å². The van der Waals surface area contributed by atoms with Crippen LogP contribution in [-0.2, 0) is 17.8 Å². The fourth-order valence-electron chi connectivity index (χ4n) is 3.14. The average Bonchev–Trinajstić information content (AvgIpc) is 3.45. The number of aryl methyl sites for hydroxylation is 1. The molecule has 3 aromatic heterocycles. The minimum absolute atomic E-state index is 0.123. The van der Waals surface area contributed by atoms with Crippen molar-refractivity contribution < 1.29 is 4.79 Å². The number of carbonyl (C=O) groups excluding carboxylic acids is 1. The Balaban J connectivity index is 1.53. The van der Waals surface area contributed by atoms with Crippen molar-refractivity contribution in [1.29, 1.82) is 0 Å². The van der Waals surface area contributed by atoms with E-state index in [9.17, 15) is 9.59 Å². The molecule has 0 fully saturated rings. The molecule has 1 N–H and O–H groups in total. The van der Waals surface area contributed by atoms with E-state index >= 15 is 0 Å². The van der Waals surface area contributed by atoms with Crippen LogP contribution in [0.25, 0.3) is 21.5 Å². The number of thioether (sulfide) groups is 1. The molecule has 4 rings (SSSR count). The number of thiazole rings is 1. The monoisotopic (exact) mass is 550 g/mol. The summed E-state index contributed by atoms with van der Waals surface area (Å²) in [6.45, 7) is 7.88. The lowest BCUT2D eigenvalue weighted by atomic mass is 10.2. The average molecular weight is 552 g/mol. The first-order chi connectivity index (χ1) is 16.3. The third-order valence-corrected chi connectivity index (χ3v) is 8.69. The first-order valence-electron chi connectivity index (χ1n) is 10.3. The minimum Gasteiger partial charge on any atom is -0.301 e. The van der Waals surface area contributed by atoms with Gasteiger partial charge >= 0.3 is 0 Å². The number of aromatic nitrogens is 3. The molecule has 34 heavy (non-hydrogen) atoms. The lowest BCUT2D eigenvalue weighted by molar-refractivity contribution is -0.115. The molecule has 0 aliphatic heterocycles. The number of hydrogen-bond acceptors (Lipinski definition) is 7. The molecule has 176 valence electrons. The predicted molar refractivity (Wildman–Crippen MR) is 145 cm³/mol. The van der Waals surface area contributed by atoms with Crippen LogP contribution >= 0.6 is 57.6 Å². The second-order valence-corrected chi connectivity index (χ2v) is 11.4. The number of hydrogen-bond donors (Lipinski definition) is 1. The largest absolute Gasteiger partial charge is 0.301 e. The molecule has 11 heteroatoms. The molecule has 0 saturated carbocycles. The molecule has 1 atom stereocenters. The summed E-state index contributed by atoms with van der Waals surface area (Å²) >= 11 is 16.1. The number of rotatable bonds is 8. The topological polar surface area (TPSA) is 76.9 Å². The number of nitrogens with zero attached hydrogens (tertiary/aromatic N) is 3. The van der Waals surface area contributed by atoms with Crippen molar-refractivity contribution in [3.05, 3.63) is 67.6 Å². The Labute approximate surface area is 218 Å². The van der Waals surface area contributed by atoms with E-state index in [1.54, 1.807) is 29.7 Å². The Kier molecular flexibility index (Phi) is 7.79. The summed E-state index contributed by atoms with van der Waals surface area (Å²) in [7, 11) is 0. The quantitative estimate of drug-likeness (QED) is 0.149. The Bertz CT molecular complexity index is 1440. The first kappa shape index (κ1) is 24.9. The van der Waals surface area contributed by atoms with Crippen molar-refractivity contribution in [1.82, 2.24) is 14.5 Å². The minimum atomic E-state index is -0.511. The van der Waals surface area contributed by atoms with Crippen molar-refractivity contribution in [3.8, 4) is 11.3 Å². The number of carbonyl (C=O) groups is 1. The second kappa shape index (κ2) is 10.6. The van der Waals surface area contributed by atoms with E-state index in [-0.39, 0.29) is 11.5 Å². The molecule has 0 saturated heterocycles. The van der Waals surface area contributed by atoms with E-state index in [0.717, 1.165) is 16.9 Å². The Hall–Kier alpha value is -2.17. The fourth-order valence-corrected chi connectivity index (χ4v) is 6.09. The van der Waals surface area contributed by atoms with Crippen LogP contribution in [0.5, 0.6) is 0 Å². The van der Waals surface area contributed by atoms with Crippen LogP contribution in [0.4, 0.5) is 5.13 Å². The number of benzene rings is 1. The summed E-state index contributed by atoms with van der Waals surface area (Å²) in [5, 5.41) is 6.64. The van der Waals surface area contributed by atoms with Crippen LogP contribution in [0.1, 0.15) is 18.7 Å². The van der Waals surface area contributed by atoms with Crippen molar-refractivity contribution in [3.63, 3.8) is 0 Å². The van der Waals surface area contributed by atoms with Gasteiger partial charge in [-0.05, 0) is 31.5 Å². The number of fused-ring (bicyclic) bond motifs is 1. The molecule has 0 spiro atoms. The highest BCUT2D eigenvalue weighted by Gasteiger charge is 2.21. The molecular formula is C23H20Cl2N4O2S3. The summed E-state index contributed by atoms with van der Waals surface area (Å²) in [5.41, 5.74) is 1.37. The third-order valence-electron chi connectivity index (χ3n) is 4.93. The number of halogens is 2. The number of thiophene rings is 1. The summed E-state index contributed by atoms with van der Waals surface area (Å²) < 4.78 is 1.56. The number of amides is 1. The number of nitrogens with one attached hydrogen (secondary N) is 1. The molecule has 3 heterocycles. The zero-order valence-electron chi connectivity index (χ0n) is 18.3. The van der Waals surface area contributed by atoms with Crippen molar-refractivity contribution in [2.24, 2.45) is 0 Å². The van der Waals surface area contributed by atoms with Gasteiger partial charge in [-0.1, -0.05) is 54.0 Å². The van der Waals surface area contributed by atoms with Crippen LogP contribution < -0.4 is 10.9 Å². The molecule has 1 aromatic carbocycles. The van der Waals surface area contributed by atoms with E-state index < -0.39 is 5.25 Å². The number of anilines is 1. The third kappa shape index (κ3) is 5.23. The van der Waals surface area contributed by atoms with Gasteiger partial charge in [0.15, 0.2) is 10.3 Å². The molecule has 0 unspecified atom stereocenters. The zero-order valence-corrected chi connectivity index (χ0v) is 22.3. The van der Waals surface area contributed by atoms with Crippen molar-refractivity contribution >= 4 is 78.9 Å². The fraction of sp³-hybridized carbons (Fsp3) is 0.217. The van der Waals surface area contributed by atoms with E-state index in [2.05, 4.69) is 16.9 Å². The molecule has 4 aromatic rings. The van der Waals surface area contributed by atoms with E-state index in [0.29, 0.717) is 42.8 Å². The lowest BCUT2D eigenvalue weighted by Crippen LogP contribution is -2.26. The highest BCUT2D eigenvalue weighted by molar-refractivity contribution is 8.00. The summed E-state index contributed by atoms with van der Waals surface area (Å²) in [5.74, 6) is -0.236. The Morgan fingerprint density at radius 3 is 2.79 bits per heavy atom. The van der Waals surface area contributed by atoms with Gasteiger partial charge in [-0.3, -0.25) is 14.2 Å². The Morgan fingerprint density at radius 2 is 2.09 bits per heavy atom. The molecule has 6 nitrogen and oxygen atoms in total. The predicted octanol–water partition coefficient (Wildman–Crippen LogP) is 6.76. The maximum atomic E-state index is 13.0. The summed E-state index contributed by atoms with van der Waals surface area (Å²) in [6.07, 6.45) is 2.48. The van der Waals surface area contributed by atoms with Crippen LogP contribution in [0.3, 0.4) is 0 Å². The first-order valence-corrected chi connectivity index (χ1v) is 13.7. The summed E-state index contributed by atoms with van der Waals surface area (Å²) in [6, 6.07) is 7.16. The summed E-state index contributed by atoms with van der Waals surface area (Å²) in [4.78, 5) is 36.9. The second-order valence-electron chi connectivity index (χ2n) is 7.30. The molecule has 0 radical (unpaired) electrons. The van der Waals surface area contributed by atoms with E-state index in [1.165, 1.54) is 34.4 Å². The molecule has 0 bridgehead atoms. The molecular weight excluding hydrogens is 531 g/mol. The van der Waals surface area contributed by atoms with Gasteiger partial charge in [0.05, 0.1) is 26.4 Å². The van der Waals surface area contributed by atoms with Crippen LogP contribution in [-0.4, -0.2) is 25.7 Å². The smallest absolute Gasteiger partial charge is 0.263 e. The van der Waals surface area contributed by atoms with Gasteiger partial charge in [-0.25, -0.2) is 9.97 Å². The molecule has 0 aliphatic carbocycles. The molecule has 1 amide bonds. The van der Waals surface area contributed by atoms with Gasteiger partial charge in [-0.15, -0.1) is 29.3 Å². The van der Waals surface area contributed by atoms with Gasteiger partial charge in [-0.2, -0.15) is 0 Å². The standard InChI is InChI=1S/C23H20Cl2N4O2S3/c1-4-8-29-21(31)15-10-14(5-2)34-20(15)28-23(29)33-12(3)19(30)27-22-26-18(11-32-22)13-6-7-16(24)17(25)9-13/h4,6-7,9-12H,1,5,8H2,2-3H3,(H,26,27,30)/t12-/m0/s1. The van der Waals surface area contributed by atoms with Crippen molar-refractivity contribution in [2.75, 3.05) is 5.32 Å². The van der Waals surface area contributed by atoms with Gasteiger partial charge in [0.2, 0.25) is 5.91 Å². The van der Waals surface area contributed by atoms with Gasteiger partial charge in [0.25, 0.3) is 5.56 Å². The van der Waals surface area contributed by atoms with Crippen LogP contribution in [0.2, 0.25) is 10.0 Å². The number of allylic oxidation sites excluding steroid dienone is 1. The Morgan fingerprint density at radius 1 is 1.29 bits per heavy atom.